The summed E-state index contributed by atoms with van der Waals surface area (Å²) in [5.74, 6) is -0.289. The Hall–Kier alpha value is -3.28. The lowest BCUT2D eigenvalue weighted by atomic mass is 10.1. The fraction of sp³-hybridized carbons (Fsp3) is 0.158. The molecule has 6 heteroatoms. The summed E-state index contributed by atoms with van der Waals surface area (Å²) in [5, 5.41) is 9.52. The molecule has 0 amide bonds. The van der Waals surface area contributed by atoms with Crippen molar-refractivity contribution in [3.8, 4) is 17.2 Å². The molecule has 0 spiro atoms. The quantitative estimate of drug-likeness (QED) is 0.473. The Kier molecular flexibility index (Phi) is 6.17. The summed E-state index contributed by atoms with van der Waals surface area (Å²) in [6.07, 6.45) is 2.69. The number of hydrogen-bond acceptors (Lipinski definition) is 6. The van der Waals surface area contributed by atoms with Crippen molar-refractivity contribution in [2.24, 2.45) is 0 Å². The zero-order chi connectivity index (χ0) is 18.2. The largest absolute Gasteiger partial charge is 0.504 e. The second-order valence-corrected chi connectivity index (χ2v) is 5.00. The molecular formula is C19H18O6. The van der Waals surface area contributed by atoms with Gasteiger partial charge in [0, 0.05) is 6.08 Å². The van der Waals surface area contributed by atoms with Gasteiger partial charge in [0.25, 0.3) is 0 Å². The molecule has 0 aliphatic rings. The lowest BCUT2D eigenvalue weighted by molar-refractivity contribution is -0.136. The first-order valence-corrected chi connectivity index (χ1v) is 7.43. The first-order valence-electron chi connectivity index (χ1n) is 7.43. The number of Topliss-reactive ketones (excluding diaryl/α,β-unsaturated/α-hetero) is 1. The topological polar surface area (TPSA) is 82.1 Å². The van der Waals surface area contributed by atoms with Crippen molar-refractivity contribution in [1.29, 1.82) is 0 Å². The molecule has 0 fully saturated rings. The Morgan fingerprint density at radius 2 is 1.76 bits per heavy atom. The molecule has 25 heavy (non-hydrogen) atoms. The van der Waals surface area contributed by atoms with E-state index in [0.29, 0.717) is 22.6 Å². The number of ketones is 1. The van der Waals surface area contributed by atoms with Crippen molar-refractivity contribution in [1.82, 2.24) is 0 Å². The number of aromatic hydroxyl groups is 1. The van der Waals surface area contributed by atoms with Gasteiger partial charge in [-0.15, -0.1) is 0 Å². The fourth-order valence-electron chi connectivity index (χ4n) is 2.10. The van der Waals surface area contributed by atoms with Crippen LogP contribution in [0.4, 0.5) is 0 Å². The minimum absolute atomic E-state index is 0.00429. The van der Waals surface area contributed by atoms with Gasteiger partial charge in [-0.3, -0.25) is 4.79 Å². The molecule has 0 radical (unpaired) electrons. The van der Waals surface area contributed by atoms with Crippen molar-refractivity contribution < 1.29 is 28.9 Å². The molecule has 130 valence electrons. The number of carbonyl (C=O) groups is 2. The monoisotopic (exact) mass is 342 g/mol. The van der Waals surface area contributed by atoms with E-state index < -0.39 is 5.97 Å². The van der Waals surface area contributed by atoms with Crippen LogP contribution in [0.3, 0.4) is 0 Å². The van der Waals surface area contributed by atoms with Crippen LogP contribution in [0.2, 0.25) is 0 Å². The second kappa shape index (κ2) is 8.54. The summed E-state index contributed by atoms with van der Waals surface area (Å²) in [6.45, 7) is -0.386. The molecule has 0 aromatic heterocycles. The fourth-order valence-corrected chi connectivity index (χ4v) is 2.10. The highest BCUT2D eigenvalue weighted by Crippen LogP contribution is 2.26. The van der Waals surface area contributed by atoms with E-state index in [0.717, 1.165) is 0 Å². The standard InChI is InChI=1S/C19H18O6/c1-23-17-6-4-3-5-14(17)16(21)12-25-19(22)10-8-13-7-9-15(20)18(11-13)24-2/h3-11,20H,12H2,1-2H3. The van der Waals surface area contributed by atoms with Gasteiger partial charge in [-0.2, -0.15) is 0 Å². The van der Waals surface area contributed by atoms with E-state index >= 15 is 0 Å². The van der Waals surface area contributed by atoms with Crippen LogP contribution in [0.5, 0.6) is 17.2 Å². The number of rotatable bonds is 7. The molecule has 0 heterocycles. The number of esters is 1. The van der Waals surface area contributed by atoms with Crippen LogP contribution in [0, 0.1) is 0 Å². The van der Waals surface area contributed by atoms with Crippen LogP contribution in [0.15, 0.2) is 48.5 Å². The Bertz CT molecular complexity index is 794. The van der Waals surface area contributed by atoms with Crippen LogP contribution in [0.25, 0.3) is 6.08 Å². The van der Waals surface area contributed by atoms with Gasteiger partial charge in [-0.25, -0.2) is 4.79 Å². The first kappa shape index (κ1) is 18.1. The van der Waals surface area contributed by atoms with Crippen molar-refractivity contribution >= 4 is 17.8 Å². The molecule has 1 N–H and O–H groups in total. The van der Waals surface area contributed by atoms with Crippen LogP contribution in [-0.4, -0.2) is 37.7 Å². The molecule has 0 aliphatic heterocycles. The molecule has 6 nitrogen and oxygen atoms in total. The van der Waals surface area contributed by atoms with Crippen molar-refractivity contribution in [3.05, 3.63) is 59.7 Å². The van der Waals surface area contributed by atoms with Gasteiger partial charge in [0.15, 0.2) is 18.1 Å². The Balaban J connectivity index is 1.95. The van der Waals surface area contributed by atoms with Gasteiger partial charge in [0.05, 0.1) is 19.8 Å². The third-order valence-electron chi connectivity index (χ3n) is 3.37. The number of methoxy groups -OCH3 is 2. The van der Waals surface area contributed by atoms with Crippen LogP contribution < -0.4 is 9.47 Å². The third kappa shape index (κ3) is 4.84. The van der Waals surface area contributed by atoms with Gasteiger partial charge < -0.3 is 19.3 Å². The molecular weight excluding hydrogens is 324 g/mol. The Morgan fingerprint density at radius 1 is 1.04 bits per heavy atom. The third-order valence-corrected chi connectivity index (χ3v) is 3.37. The zero-order valence-corrected chi connectivity index (χ0v) is 13.9. The number of carbonyl (C=O) groups excluding carboxylic acids is 2. The number of phenolic OH excluding ortho intramolecular Hbond substituents is 1. The predicted molar refractivity (Wildman–Crippen MR) is 92.0 cm³/mol. The van der Waals surface area contributed by atoms with Gasteiger partial charge in [-0.1, -0.05) is 18.2 Å². The summed E-state index contributed by atoms with van der Waals surface area (Å²) in [7, 11) is 2.90. The lowest BCUT2D eigenvalue weighted by Gasteiger charge is -2.07. The molecule has 2 aromatic carbocycles. The smallest absolute Gasteiger partial charge is 0.331 e. The molecule has 0 saturated carbocycles. The highest BCUT2D eigenvalue weighted by atomic mass is 16.5. The maximum atomic E-state index is 12.1. The molecule has 0 bridgehead atoms. The van der Waals surface area contributed by atoms with Gasteiger partial charge in [-0.05, 0) is 35.9 Å². The zero-order valence-electron chi connectivity index (χ0n) is 13.9. The van der Waals surface area contributed by atoms with E-state index in [1.165, 1.54) is 32.4 Å². The predicted octanol–water partition coefficient (Wildman–Crippen LogP) is 2.85. The van der Waals surface area contributed by atoms with Crippen molar-refractivity contribution in [2.45, 2.75) is 0 Å². The highest BCUT2D eigenvalue weighted by molar-refractivity contribution is 6.01. The van der Waals surface area contributed by atoms with E-state index in [1.807, 2.05) is 0 Å². The van der Waals surface area contributed by atoms with E-state index in [4.69, 9.17) is 14.2 Å². The van der Waals surface area contributed by atoms with Gasteiger partial charge in [0.1, 0.15) is 5.75 Å². The average Bonchev–Trinajstić information content (AvgIpc) is 2.65. The summed E-state index contributed by atoms with van der Waals surface area (Å²) in [6, 6.07) is 11.3. The summed E-state index contributed by atoms with van der Waals surface area (Å²) in [4.78, 5) is 23.9. The number of para-hydroxylation sites is 1. The minimum Gasteiger partial charge on any atom is -0.504 e. The molecule has 0 aliphatic carbocycles. The highest BCUT2D eigenvalue weighted by Gasteiger charge is 2.13. The van der Waals surface area contributed by atoms with E-state index in [1.54, 1.807) is 36.4 Å². The van der Waals surface area contributed by atoms with E-state index in [2.05, 4.69) is 0 Å². The van der Waals surface area contributed by atoms with Gasteiger partial charge >= 0.3 is 5.97 Å². The number of hydrogen-bond donors (Lipinski definition) is 1. The maximum Gasteiger partial charge on any atom is 0.331 e. The van der Waals surface area contributed by atoms with Crippen LogP contribution in [0.1, 0.15) is 15.9 Å². The molecule has 2 aromatic rings. The Morgan fingerprint density at radius 3 is 2.48 bits per heavy atom. The van der Waals surface area contributed by atoms with E-state index in [9.17, 15) is 14.7 Å². The van der Waals surface area contributed by atoms with Gasteiger partial charge in [0.2, 0.25) is 5.78 Å². The average molecular weight is 342 g/mol. The van der Waals surface area contributed by atoms with Crippen LogP contribution in [-0.2, 0) is 9.53 Å². The SMILES string of the molecule is COc1cc(C=CC(=O)OCC(=O)c2ccccc2OC)ccc1O. The Labute approximate surface area is 145 Å². The maximum absolute atomic E-state index is 12.1. The van der Waals surface area contributed by atoms with Crippen molar-refractivity contribution in [2.75, 3.05) is 20.8 Å². The van der Waals surface area contributed by atoms with Crippen molar-refractivity contribution in [3.63, 3.8) is 0 Å². The number of ether oxygens (including phenoxy) is 3. The van der Waals surface area contributed by atoms with Crippen LogP contribution >= 0.6 is 0 Å². The molecule has 2 rings (SSSR count). The number of benzene rings is 2. The van der Waals surface area contributed by atoms with E-state index in [-0.39, 0.29) is 18.1 Å². The summed E-state index contributed by atoms with van der Waals surface area (Å²) < 4.78 is 15.0. The first-order chi connectivity index (χ1) is 12.0. The minimum atomic E-state index is -0.657. The summed E-state index contributed by atoms with van der Waals surface area (Å²) in [5.41, 5.74) is 0.993. The summed E-state index contributed by atoms with van der Waals surface area (Å²) >= 11 is 0. The normalized spacial score (nSPS) is 10.5. The molecule has 0 unspecified atom stereocenters. The number of phenols is 1. The second-order valence-electron chi connectivity index (χ2n) is 5.00. The molecule has 0 saturated heterocycles. The molecule has 0 atom stereocenters. The lowest BCUT2D eigenvalue weighted by Crippen LogP contribution is -2.13.